The average Bonchev–Trinajstić information content (AvgIpc) is 2.76. The first kappa shape index (κ1) is 12.9. The Kier molecular flexibility index (Phi) is 4.13. The van der Waals surface area contributed by atoms with Crippen molar-refractivity contribution in [1.29, 1.82) is 0 Å². The van der Waals surface area contributed by atoms with Crippen LogP contribution in [0.1, 0.15) is 20.8 Å². The van der Waals surface area contributed by atoms with E-state index >= 15 is 0 Å². The van der Waals surface area contributed by atoms with Gasteiger partial charge in [-0.3, -0.25) is 0 Å². The van der Waals surface area contributed by atoms with E-state index in [0.29, 0.717) is 6.61 Å². The van der Waals surface area contributed by atoms with Crippen LogP contribution in [0.4, 0.5) is 0 Å². The minimum absolute atomic E-state index is 0.0617. The second kappa shape index (κ2) is 5.42. The smallest absolute Gasteiger partial charge is 0.162 e. The zero-order valence-corrected chi connectivity index (χ0v) is 11.5. The Morgan fingerprint density at radius 3 is 2.53 bits per heavy atom. The lowest BCUT2D eigenvalue weighted by Crippen LogP contribution is -2.28. The summed E-state index contributed by atoms with van der Waals surface area (Å²) in [6, 6.07) is 10.4. The van der Waals surface area contributed by atoms with Crippen LogP contribution < -0.4 is 0 Å². The van der Waals surface area contributed by atoms with Gasteiger partial charge in [0.05, 0.1) is 12.7 Å². The molecule has 0 spiro atoms. The number of hydrogen-bond acceptors (Lipinski definition) is 3. The summed E-state index contributed by atoms with van der Waals surface area (Å²) in [5.41, 5.74) is 0.0617. The van der Waals surface area contributed by atoms with Crippen LogP contribution in [-0.4, -0.2) is 24.8 Å². The first-order valence-corrected chi connectivity index (χ1v) is 6.99. The molecule has 2 nitrogen and oxygen atoms in total. The first-order valence-electron chi connectivity index (χ1n) is 6.00. The number of ether oxygens (including phenoxy) is 2. The normalized spacial score (nSPS) is 25.1. The van der Waals surface area contributed by atoms with Crippen LogP contribution in [-0.2, 0) is 9.47 Å². The van der Waals surface area contributed by atoms with Gasteiger partial charge in [-0.1, -0.05) is 39.0 Å². The van der Waals surface area contributed by atoms with Crippen LogP contribution in [0.3, 0.4) is 0 Å². The SMILES string of the molecule is CC(C)(C)C1OCC(CSc2ccccc2)O1. The lowest BCUT2D eigenvalue weighted by molar-refractivity contribution is -0.121. The summed E-state index contributed by atoms with van der Waals surface area (Å²) < 4.78 is 11.6. The molecule has 1 saturated heterocycles. The summed E-state index contributed by atoms with van der Waals surface area (Å²) in [5.74, 6) is 0.955. The molecule has 17 heavy (non-hydrogen) atoms. The molecule has 0 aromatic heterocycles. The van der Waals surface area contributed by atoms with Crippen molar-refractivity contribution in [3.63, 3.8) is 0 Å². The molecule has 1 aromatic carbocycles. The standard InChI is InChI=1S/C14H20O2S/c1-14(2,3)13-15-9-11(16-13)10-17-12-7-5-4-6-8-12/h4-8,11,13H,9-10H2,1-3H3. The van der Waals surface area contributed by atoms with Crippen LogP contribution in [0.5, 0.6) is 0 Å². The zero-order valence-electron chi connectivity index (χ0n) is 10.7. The summed E-state index contributed by atoms with van der Waals surface area (Å²) in [6.45, 7) is 7.14. The number of rotatable bonds is 3. The van der Waals surface area contributed by atoms with E-state index in [2.05, 4.69) is 45.0 Å². The Balaban J connectivity index is 1.79. The lowest BCUT2D eigenvalue weighted by Gasteiger charge is -2.25. The maximum atomic E-state index is 5.90. The lowest BCUT2D eigenvalue weighted by atomic mass is 9.96. The molecule has 1 aliphatic rings. The second-order valence-electron chi connectivity index (χ2n) is 5.41. The van der Waals surface area contributed by atoms with Gasteiger partial charge >= 0.3 is 0 Å². The number of benzene rings is 1. The summed E-state index contributed by atoms with van der Waals surface area (Å²) in [5, 5.41) is 0. The van der Waals surface area contributed by atoms with E-state index in [1.165, 1.54) is 4.90 Å². The van der Waals surface area contributed by atoms with Crippen LogP contribution >= 0.6 is 11.8 Å². The Morgan fingerprint density at radius 2 is 1.94 bits per heavy atom. The molecule has 1 aromatic rings. The number of thioether (sulfide) groups is 1. The van der Waals surface area contributed by atoms with Gasteiger partial charge in [-0.25, -0.2) is 0 Å². The maximum Gasteiger partial charge on any atom is 0.162 e. The predicted molar refractivity (Wildman–Crippen MR) is 71.2 cm³/mol. The van der Waals surface area contributed by atoms with Crippen molar-refractivity contribution in [3.8, 4) is 0 Å². The Morgan fingerprint density at radius 1 is 1.24 bits per heavy atom. The van der Waals surface area contributed by atoms with Crippen molar-refractivity contribution in [1.82, 2.24) is 0 Å². The van der Waals surface area contributed by atoms with Gasteiger partial charge in [0, 0.05) is 16.1 Å². The van der Waals surface area contributed by atoms with Crippen molar-refractivity contribution >= 4 is 11.8 Å². The molecule has 1 heterocycles. The molecule has 0 radical (unpaired) electrons. The molecule has 94 valence electrons. The highest BCUT2D eigenvalue weighted by Gasteiger charge is 2.34. The van der Waals surface area contributed by atoms with Crippen molar-refractivity contribution in [2.75, 3.05) is 12.4 Å². The van der Waals surface area contributed by atoms with Crippen molar-refractivity contribution in [2.45, 2.75) is 38.1 Å². The number of hydrogen-bond donors (Lipinski definition) is 0. The molecule has 0 aliphatic carbocycles. The monoisotopic (exact) mass is 252 g/mol. The van der Waals surface area contributed by atoms with Gasteiger partial charge in [0.25, 0.3) is 0 Å². The van der Waals surface area contributed by atoms with Crippen LogP contribution in [0, 0.1) is 5.41 Å². The molecular formula is C14H20O2S. The van der Waals surface area contributed by atoms with Crippen molar-refractivity contribution < 1.29 is 9.47 Å². The Hall–Kier alpha value is -0.510. The van der Waals surface area contributed by atoms with Gasteiger partial charge in [-0.05, 0) is 12.1 Å². The fourth-order valence-electron chi connectivity index (χ4n) is 1.70. The second-order valence-corrected chi connectivity index (χ2v) is 6.51. The van der Waals surface area contributed by atoms with E-state index in [9.17, 15) is 0 Å². The third-order valence-corrected chi connectivity index (χ3v) is 3.78. The van der Waals surface area contributed by atoms with Crippen LogP contribution in [0.25, 0.3) is 0 Å². The minimum atomic E-state index is -0.0659. The molecule has 0 amide bonds. The molecule has 2 rings (SSSR count). The van der Waals surface area contributed by atoms with Crippen molar-refractivity contribution in [3.05, 3.63) is 30.3 Å². The molecule has 1 aliphatic heterocycles. The first-order chi connectivity index (χ1) is 8.05. The molecular weight excluding hydrogens is 232 g/mol. The molecule has 3 heteroatoms. The van der Waals surface area contributed by atoms with E-state index in [-0.39, 0.29) is 17.8 Å². The molecule has 0 bridgehead atoms. The topological polar surface area (TPSA) is 18.5 Å². The fraction of sp³-hybridized carbons (Fsp3) is 0.571. The quantitative estimate of drug-likeness (QED) is 0.766. The van der Waals surface area contributed by atoms with Gasteiger partial charge in [-0.15, -0.1) is 11.8 Å². The van der Waals surface area contributed by atoms with E-state index < -0.39 is 0 Å². The predicted octanol–water partition coefficient (Wildman–Crippen LogP) is 3.57. The zero-order chi connectivity index (χ0) is 12.3. The summed E-state index contributed by atoms with van der Waals surface area (Å²) in [4.78, 5) is 1.29. The molecule has 0 N–H and O–H groups in total. The summed E-state index contributed by atoms with van der Waals surface area (Å²) in [6.07, 6.45) is 0.147. The largest absolute Gasteiger partial charge is 0.349 e. The highest BCUT2D eigenvalue weighted by atomic mass is 32.2. The van der Waals surface area contributed by atoms with E-state index in [1.54, 1.807) is 0 Å². The van der Waals surface area contributed by atoms with E-state index in [1.807, 2.05) is 17.8 Å². The summed E-state index contributed by atoms with van der Waals surface area (Å²) >= 11 is 1.83. The van der Waals surface area contributed by atoms with Gasteiger partial charge in [-0.2, -0.15) is 0 Å². The average molecular weight is 252 g/mol. The summed E-state index contributed by atoms with van der Waals surface area (Å²) in [7, 11) is 0. The molecule has 0 saturated carbocycles. The van der Waals surface area contributed by atoms with Gasteiger partial charge in [0.2, 0.25) is 0 Å². The van der Waals surface area contributed by atoms with E-state index in [0.717, 1.165) is 5.75 Å². The highest BCUT2D eigenvalue weighted by Crippen LogP contribution is 2.30. The van der Waals surface area contributed by atoms with Gasteiger partial charge < -0.3 is 9.47 Å². The molecule has 2 atom stereocenters. The van der Waals surface area contributed by atoms with Gasteiger partial charge in [0.1, 0.15) is 0 Å². The maximum absolute atomic E-state index is 5.90. The fourth-order valence-corrected chi connectivity index (χ4v) is 2.60. The molecule has 2 unspecified atom stereocenters. The van der Waals surface area contributed by atoms with Crippen molar-refractivity contribution in [2.24, 2.45) is 5.41 Å². The van der Waals surface area contributed by atoms with Crippen LogP contribution in [0.2, 0.25) is 0 Å². The Bertz CT molecular complexity index is 345. The third kappa shape index (κ3) is 3.73. The highest BCUT2D eigenvalue weighted by molar-refractivity contribution is 7.99. The minimum Gasteiger partial charge on any atom is -0.349 e. The third-order valence-electron chi connectivity index (χ3n) is 2.64. The Labute approximate surface area is 108 Å². The molecule has 1 fully saturated rings. The van der Waals surface area contributed by atoms with Crippen LogP contribution in [0.15, 0.2) is 35.2 Å². The van der Waals surface area contributed by atoms with Gasteiger partial charge in [0.15, 0.2) is 6.29 Å². The van der Waals surface area contributed by atoms with E-state index in [4.69, 9.17) is 9.47 Å².